The first-order chi connectivity index (χ1) is 6.79. The van der Waals surface area contributed by atoms with Crippen LogP contribution in [0.5, 0.6) is 5.75 Å². The molecule has 1 aromatic carbocycles. The predicted molar refractivity (Wildman–Crippen MR) is 62.2 cm³/mol. The van der Waals surface area contributed by atoms with E-state index in [1.165, 1.54) is 10.1 Å². The molecule has 0 spiro atoms. The van der Waals surface area contributed by atoms with Crippen LogP contribution in [0.2, 0.25) is 0 Å². The zero-order chi connectivity index (χ0) is 9.97. The molecule has 1 aromatic heterocycles. The highest BCUT2D eigenvalue weighted by atomic mass is 32.1. The Bertz CT molecular complexity index is 419. The summed E-state index contributed by atoms with van der Waals surface area (Å²) < 4.78 is 7.04. The van der Waals surface area contributed by atoms with Gasteiger partial charge in [0, 0.05) is 4.70 Å². The van der Waals surface area contributed by atoms with Gasteiger partial charge in [-0.2, -0.15) is 0 Å². The molecule has 1 nitrogen and oxygen atoms in total. The Balaban J connectivity index is 2.25. The maximum atomic E-state index is 5.75. The van der Waals surface area contributed by atoms with E-state index in [4.69, 9.17) is 4.74 Å². The first kappa shape index (κ1) is 9.53. The molecule has 2 aromatic rings. The van der Waals surface area contributed by atoms with Crippen molar-refractivity contribution in [3.05, 3.63) is 29.6 Å². The number of rotatable bonds is 3. The molecule has 74 valence electrons. The standard InChI is InChI=1S/C12H14OS/c1-3-9(2)13-11-5-4-10-6-7-14-12(10)8-11/h4-9H,3H2,1-2H3. The monoisotopic (exact) mass is 206 g/mol. The minimum absolute atomic E-state index is 0.299. The third kappa shape index (κ3) is 1.90. The van der Waals surface area contributed by atoms with Crippen LogP contribution in [0.25, 0.3) is 10.1 Å². The number of hydrogen-bond acceptors (Lipinski definition) is 2. The summed E-state index contributed by atoms with van der Waals surface area (Å²) in [6.45, 7) is 4.23. The molecule has 0 saturated carbocycles. The van der Waals surface area contributed by atoms with Crippen molar-refractivity contribution in [1.29, 1.82) is 0 Å². The summed E-state index contributed by atoms with van der Waals surface area (Å²) in [7, 11) is 0. The van der Waals surface area contributed by atoms with Gasteiger partial charge in [-0.3, -0.25) is 0 Å². The number of hydrogen-bond donors (Lipinski definition) is 0. The predicted octanol–water partition coefficient (Wildman–Crippen LogP) is 4.08. The zero-order valence-electron chi connectivity index (χ0n) is 8.49. The van der Waals surface area contributed by atoms with Crippen LogP contribution in [0.4, 0.5) is 0 Å². The summed E-state index contributed by atoms with van der Waals surface area (Å²) in [4.78, 5) is 0. The molecule has 0 radical (unpaired) electrons. The number of ether oxygens (including phenoxy) is 1. The first-order valence-corrected chi connectivity index (χ1v) is 5.81. The van der Waals surface area contributed by atoms with Crippen molar-refractivity contribution < 1.29 is 4.74 Å². The minimum atomic E-state index is 0.299. The van der Waals surface area contributed by atoms with Crippen molar-refractivity contribution in [1.82, 2.24) is 0 Å². The van der Waals surface area contributed by atoms with Crippen LogP contribution in [-0.2, 0) is 0 Å². The molecule has 0 amide bonds. The molecule has 2 rings (SSSR count). The fraction of sp³-hybridized carbons (Fsp3) is 0.333. The second-order valence-corrected chi connectivity index (χ2v) is 4.40. The molecule has 0 bridgehead atoms. The van der Waals surface area contributed by atoms with E-state index in [1.807, 2.05) is 6.07 Å². The Morgan fingerprint density at radius 1 is 1.36 bits per heavy atom. The summed E-state index contributed by atoms with van der Waals surface area (Å²) in [5, 5.41) is 3.41. The lowest BCUT2D eigenvalue weighted by atomic mass is 10.2. The van der Waals surface area contributed by atoms with Crippen LogP contribution in [0, 0.1) is 0 Å². The molecule has 0 saturated heterocycles. The van der Waals surface area contributed by atoms with Gasteiger partial charge in [-0.1, -0.05) is 6.92 Å². The second-order valence-electron chi connectivity index (χ2n) is 3.46. The molecular weight excluding hydrogens is 192 g/mol. The van der Waals surface area contributed by atoms with Crippen LogP contribution in [0.15, 0.2) is 29.6 Å². The fourth-order valence-corrected chi connectivity index (χ4v) is 2.14. The van der Waals surface area contributed by atoms with Crippen molar-refractivity contribution in [2.24, 2.45) is 0 Å². The third-order valence-corrected chi connectivity index (χ3v) is 3.22. The normalized spacial score (nSPS) is 13.0. The molecule has 14 heavy (non-hydrogen) atoms. The highest BCUT2D eigenvalue weighted by molar-refractivity contribution is 7.17. The molecule has 1 heterocycles. The Labute approximate surface area is 88.3 Å². The molecule has 1 unspecified atom stereocenters. The minimum Gasteiger partial charge on any atom is -0.491 e. The summed E-state index contributed by atoms with van der Waals surface area (Å²) in [6, 6.07) is 8.41. The summed E-state index contributed by atoms with van der Waals surface area (Å²) >= 11 is 1.76. The van der Waals surface area contributed by atoms with Crippen molar-refractivity contribution in [2.75, 3.05) is 0 Å². The summed E-state index contributed by atoms with van der Waals surface area (Å²) in [5.74, 6) is 0.981. The summed E-state index contributed by atoms with van der Waals surface area (Å²) in [6.07, 6.45) is 1.34. The highest BCUT2D eigenvalue weighted by Crippen LogP contribution is 2.26. The van der Waals surface area contributed by atoms with Crippen LogP contribution in [0.1, 0.15) is 20.3 Å². The maximum absolute atomic E-state index is 5.75. The van der Waals surface area contributed by atoms with Crippen LogP contribution in [0.3, 0.4) is 0 Å². The molecular formula is C12H14OS. The molecule has 0 aliphatic heterocycles. The zero-order valence-corrected chi connectivity index (χ0v) is 9.30. The Morgan fingerprint density at radius 2 is 2.21 bits per heavy atom. The van der Waals surface area contributed by atoms with E-state index in [0.29, 0.717) is 6.10 Å². The van der Waals surface area contributed by atoms with Gasteiger partial charge in [0.2, 0.25) is 0 Å². The Kier molecular flexibility index (Phi) is 2.73. The Morgan fingerprint density at radius 3 is 3.00 bits per heavy atom. The van der Waals surface area contributed by atoms with E-state index >= 15 is 0 Å². The molecule has 0 aliphatic carbocycles. The van der Waals surface area contributed by atoms with Crippen LogP contribution in [-0.4, -0.2) is 6.10 Å². The van der Waals surface area contributed by atoms with Crippen molar-refractivity contribution >= 4 is 21.4 Å². The lowest BCUT2D eigenvalue weighted by Crippen LogP contribution is -2.09. The van der Waals surface area contributed by atoms with Crippen LogP contribution >= 0.6 is 11.3 Å². The van der Waals surface area contributed by atoms with E-state index in [0.717, 1.165) is 12.2 Å². The largest absolute Gasteiger partial charge is 0.491 e. The van der Waals surface area contributed by atoms with Gasteiger partial charge in [0.05, 0.1) is 6.10 Å². The van der Waals surface area contributed by atoms with Gasteiger partial charge < -0.3 is 4.74 Å². The smallest absolute Gasteiger partial charge is 0.121 e. The molecule has 1 atom stereocenters. The van der Waals surface area contributed by atoms with Gasteiger partial charge >= 0.3 is 0 Å². The van der Waals surface area contributed by atoms with E-state index in [2.05, 4.69) is 37.4 Å². The van der Waals surface area contributed by atoms with Gasteiger partial charge in [-0.25, -0.2) is 0 Å². The summed E-state index contributed by atoms with van der Waals surface area (Å²) in [5.41, 5.74) is 0. The average Bonchev–Trinajstić information content (AvgIpc) is 2.64. The van der Waals surface area contributed by atoms with Gasteiger partial charge in [-0.05, 0) is 48.4 Å². The lowest BCUT2D eigenvalue weighted by molar-refractivity contribution is 0.218. The Hall–Kier alpha value is -1.02. The topological polar surface area (TPSA) is 9.23 Å². The first-order valence-electron chi connectivity index (χ1n) is 4.93. The number of benzene rings is 1. The van der Waals surface area contributed by atoms with Crippen LogP contribution < -0.4 is 4.74 Å². The van der Waals surface area contributed by atoms with Gasteiger partial charge in [0.25, 0.3) is 0 Å². The maximum Gasteiger partial charge on any atom is 0.121 e. The highest BCUT2D eigenvalue weighted by Gasteiger charge is 2.02. The van der Waals surface area contributed by atoms with Gasteiger partial charge in [-0.15, -0.1) is 11.3 Å². The van der Waals surface area contributed by atoms with E-state index in [9.17, 15) is 0 Å². The van der Waals surface area contributed by atoms with Gasteiger partial charge in [0.1, 0.15) is 5.75 Å². The van der Waals surface area contributed by atoms with Crippen molar-refractivity contribution in [3.8, 4) is 5.75 Å². The molecule has 0 aliphatic rings. The molecule has 0 fully saturated rings. The van der Waals surface area contributed by atoms with E-state index in [1.54, 1.807) is 11.3 Å². The number of thiophene rings is 1. The fourth-order valence-electron chi connectivity index (χ4n) is 1.32. The van der Waals surface area contributed by atoms with E-state index < -0.39 is 0 Å². The quantitative estimate of drug-likeness (QED) is 0.735. The van der Waals surface area contributed by atoms with Crippen molar-refractivity contribution in [2.45, 2.75) is 26.4 Å². The van der Waals surface area contributed by atoms with E-state index in [-0.39, 0.29) is 0 Å². The third-order valence-electron chi connectivity index (χ3n) is 2.34. The van der Waals surface area contributed by atoms with Gasteiger partial charge in [0.15, 0.2) is 0 Å². The lowest BCUT2D eigenvalue weighted by Gasteiger charge is -2.12. The molecule has 0 N–H and O–H groups in total. The molecule has 2 heteroatoms. The second kappa shape index (κ2) is 4.01. The average molecular weight is 206 g/mol. The SMILES string of the molecule is CCC(C)Oc1ccc2ccsc2c1. The number of fused-ring (bicyclic) bond motifs is 1. The van der Waals surface area contributed by atoms with Crippen molar-refractivity contribution in [3.63, 3.8) is 0 Å².